The van der Waals surface area contributed by atoms with Crippen LogP contribution < -0.4 is 5.32 Å². The number of aromatic nitrogens is 2. The van der Waals surface area contributed by atoms with Crippen LogP contribution in [0.1, 0.15) is 34.6 Å². The van der Waals surface area contributed by atoms with Crippen LogP contribution >= 0.6 is 15.9 Å². The van der Waals surface area contributed by atoms with Crippen LogP contribution in [-0.2, 0) is 4.74 Å². The zero-order valence-corrected chi connectivity index (χ0v) is 16.3. The summed E-state index contributed by atoms with van der Waals surface area (Å²) in [6.07, 6.45) is -4.68. The number of benzene rings is 1. The molecule has 1 aromatic heterocycles. The van der Waals surface area contributed by atoms with Gasteiger partial charge in [-0.3, -0.25) is 4.79 Å². The van der Waals surface area contributed by atoms with Crippen molar-refractivity contribution in [2.24, 2.45) is 0 Å². The van der Waals surface area contributed by atoms with Gasteiger partial charge in [-0.15, -0.1) is 0 Å². The number of halogens is 4. The second-order valence-electron chi connectivity index (χ2n) is 6.81. The summed E-state index contributed by atoms with van der Waals surface area (Å²) < 4.78 is 48.1. The van der Waals surface area contributed by atoms with E-state index in [2.05, 4.69) is 26.3 Å². The van der Waals surface area contributed by atoms with Gasteiger partial charge in [-0.2, -0.15) is 18.3 Å². The van der Waals surface area contributed by atoms with E-state index < -0.39 is 18.3 Å². The average molecular weight is 459 g/mol. The molecule has 2 aromatic rings. The van der Waals surface area contributed by atoms with E-state index >= 15 is 0 Å². The second-order valence-corrected chi connectivity index (χ2v) is 7.72. The molecular formula is C18H18BrF3N4O2. The van der Waals surface area contributed by atoms with Gasteiger partial charge < -0.3 is 15.0 Å². The molecule has 1 amide bonds. The van der Waals surface area contributed by atoms with Crippen molar-refractivity contribution in [3.05, 3.63) is 46.1 Å². The Morgan fingerprint density at radius 1 is 1.21 bits per heavy atom. The Morgan fingerprint density at radius 2 is 1.89 bits per heavy atom. The third kappa shape index (κ3) is 3.75. The Labute approximate surface area is 167 Å². The van der Waals surface area contributed by atoms with Crippen LogP contribution in [0.25, 0.3) is 0 Å². The van der Waals surface area contributed by atoms with E-state index in [1.54, 1.807) is 29.2 Å². The summed E-state index contributed by atoms with van der Waals surface area (Å²) in [6, 6.07) is 6.21. The predicted molar refractivity (Wildman–Crippen MR) is 99.2 cm³/mol. The molecule has 0 bridgehead atoms. The first kappa shape index (κ1) is 19.3. The first-order valence-corrected chi connectivity index (χ1v) is 9.67. The maximum absolute atomic E-state index is 13.7. The van der Waals surface area contributed by atoms with Crippen LogP contribution in [-0.4, -0.2) is 53.1 Å². The number of anilines is 1. The molecule has 3 heterocycles. The molecule has 28 heavy (non-hydrogen) atoms. The van der Waals surface area contributed by atoms with Gasteiger partial charge in [0, 0.05) is 30.0 Å². The largest absolute Gasteiger partial charge is 0.410 e. The van der Waals surface area contributed by atoms with Crippen LogP contribution in [0, 0.1) is 0 Å². The molecule has 0 unspecified atom stereocenters. The summed E-state index contributed by atoms with van der Waals surface area (Å²) in [5.74, 6) is -0.189. The molecule has 2 aliphatic rings. The summed E-state index contributed by atoms with van der Waals surface area (Å²) >= 11 is 3.33. The molecule has 6 nitrogen and oxygen atoms in total. The summed E-state index contributed by atoms with van der Waals surface area (Å²) in [7, 11) is 0. The number of morpholine rings is 1. The van der Waals surface area contributed by atoms with Crippen molar-refractivity contribution in [2.75, 3.05) is 31.6 Å². The first-order chi connectivity index (χ1) is 13.3. The highest BCUT2D eigenvalue weighted by molar-refractivity contribution is 9.10. The van der Waals surface area contributed by atoms with E-state index in [1.165, 1.54) is 6.07 Å². The van der Waals surface area contributed by atoms with Crippen molar-refractivity contribution in [3.8, 4) is 0 Å². The van der Waals surface area contributed by atoms with Crippen molar-refractivity contribution < 1.29 is 22.7 Å². The van der Waals surface area contributed by atoms with E-state index in [0.717, 1.165) is 14.7 Å². The fourth-order valence-electron chi connectivity index (χ4n) is 3.52. The van der Waals surface area contributed by atoms with Gasteiger partial charge in [0.05, 0.1) is 19.3 Å². The van der Waals surface area contributed by atoms with Gasteiger partial charge >= 0.3 is 6.18 Å². The number of nitrogens with zero attached hydrogens (tertiary/aromatic N) is 3. The Morgan fingerprint density at radius 3 is 2.54 bits per heavy atom. The van der Waals surface area contributed by atoms with Gasteiger partial charge in [-0.05, 0) is 17.7 Å². The number of fused-ring (bicyclic) bond motifs is 1. The van der Waals surface area contributed by atoms with Crippen LogP contribution in [0.15, 0.2) is 34.8 Å². The van der Waals surface area contributed by atoms with Gasteiger partial charge in [0.25, 0.3) is 5.91 Å². The minimum atomic E-state index is -4.48. The number of alkyl halides is 3. The average Bonchev–Trinajstić information content (AvgIpc) is 3.11. The van der Waals surface area contributed by atoms with Gasteiger partial charge in [0.1, 0.15) is 5.82 Å². The van der Waals surface area contributed by atoms with Crippen LogP contribution in [0.5, 0.6) is 0 Å². The normalized spacial score (nSPS) is 22.5. The maximum atomic E-state index is 13.7. The summed E-state index contributed by atoms with van der Waals surface area (Å²) in [4.78, 5) is 14.2. The van der Waals surface area contributed by atoms with Crippen LogP contribution in [0.2, 0.25) is 0 Å². The lowest BCUT2D eigenvalue weighted by atomic mass is 9.97. The third-order valence-corrected chi connectivity index (χ3v) is 5.51. The van der Waals surface area contributed by atoms with Gasteiger partial charge in [-0.25, -0.2) is 4.68 Å². The molecule has 0 aliphatic carbocycles. The Bertz CT molecular complexity index is 863. The van der Waals surface area contributed by atoms with Crippen molar-refractivity contribution in [2.45, 2.75) is 24.7 Å². The molecule has 10 heteroatoms. The Hall–Kier alpha value is -2.07. The van der Waals surface area contributed by atoms with E-state index in [0.29, 0.717) is 26.3 Å². The van der Waals surface area contributed by atoms with Crippen molar-refractivity contribution >= 4 is 27.7 Å². The molecule has 2 atom stereocenters. The fraction of sp³-hybridized carbons (Fsp3) is 0.444. The maximum Gasteiger partial charge on any atom is 0.410 e. The van der Waals surface area contributed by atoms with E-state index in [9.17, 15) is 18.0 Å². The number of carbonyl (C=O) groups is 1. The smallest absolute Gasteiger partial charge is 0.378 e. The monoisotopic (exact) mass is 458 g/mol. The molecule has 1 aromatic carbocycles. The molecule has 0 radical (unpaired) electrons. The molecular weight excluding hydrogens is 441 g/mol. The van der Waals surface area contributed by atoms with Crippen molar-refractivity contribution in [1.82, 2.24) is 14.7 Å². The molecule has 0 spiro atoms. The molecule has 150 valence electrons. The number of carbonyl (C=O) groups excluding carboxylic acids is 1. The highest BCUT2D eigenvalue weighted by Crippen LogP contribution is 2.43. The topological polar surface area (TPSA) is 59.4 Å². The van der Waals surface area contributed by atoms with Crippen molar-refractivity contribution in [3.63, 3.8) is 0 Å². The molecule has 4 rings (SSSR count). The van der Waals surface area contributed by atoms with Crippen LogP contribution in [0.3, 0.4) is 0 Å². The molecule has 1 N–H and O–H groups in total. The molecule has 2 aliphatic heterocycles. The molecule has 1 saturated heterocycles. The minimum absolute atomic E-state index is 0.00936. The number of ether oxygens (including phenoxy) is 1. The highest BCUT2D eigenvalue weighted by Gasteiger charge is 2.47. The quantitative estimate of drug-likeness (QED) is 0.743. The second kappa shape index (κ2) is 7.40. The number of amides is 1. The lowest BCUT2D eigenvalue weighted by Crippen LogP contribution is -2.41. The summed E-state index contributed by atoms with van der Waals surface area (Å²) in [6.45, 7) is 1.63. The van der Waals surface area contributed by atoms with E-state index in [4.69, 9.17) is 4.74 Å². The van der Waals surface area contributed by atoms with Gasteiger partial charge in [0.15, 0.2) is 11.7 Å². The standard InChI is InChI=1S/C18H18BrF3N4O2/c19-12-3-1-11(2-4-12)13-9-15(18(20,21)22)26-16(23-13)10-14(24-26)17(27)25-5-7-28-8-6-25/h1-4,10,13,15,23H,5-9H2/t13-,15-/m0/s1. The van der Waals surface area contributed by atoms with E-state index in [-0.39, 0.29) is 23.8 Å². The number of nitrogens with one attached hydrogen (secondary N) is 1. The lowest BCUT2D eigenvalue weighted by Gasteiger charge is -2.33. The minimum Gasteiger partial charge on any atom is -0.378 e. The zero-order chi connectivity index (χ0) is 19.9. The summed E-state index contributed by atoms with van der Waals surface area (Å²) in [5, 5.41) is 7.11. The fourth-order valence-corrected chi connectivity index (χ4v) is 3.78. The SMILES string of the molecule is O=C(c1cc2n(n1)[C@H](C(F)(F)F)C[C@@H](c1ccc(Br)cc1)N2)N1CCOCC1. The Balaban J connectivity index is 1.65. The van der Waals surface area contributed by atoms with Crippen LogP contribution in [0.4, 0.5) is 19.0 Å². The first-order valence-electron chi connectivity index (χ1n) is 8.88. The van der Waals surface area contributed by atoms with Crippen molar-refractivity contribution in [1.29, 1.82) is 0 Å². The highest BCUT2D eigenvalue weighted by atomic mass is 79.9. The predicted octanol–water partition coefficient (Wildman–Crippen LogP) is 3.78. The third-order valence-electron chi connectivity index (χ3n) is 4.98. The van der Waals surface area contributed by atoms with Gasteiger partial charge in [-0.1, -0.05) is 28.1 Å². The molecule has 1 fully saturated rings. The zero-order valence-electron chi connectivity index (χ0n) is 14.7. The number of rotatable bonds is 2. The number of hydrogen-bond donors (Lipinski definition) is 1. The molecule has 0 saturated carbocycles. The Kier molecular flexibility index (Phi) is 5.09. The lowest BCUT2D eigenvalue weighted by molar-refractivity contribution is -0.173. The van der Waals surface area contributed by atoms with E-state index in [1.807, 2.05) is 0 Å². The number of hydrogen-bond acceptors (Lipinski definition) is 4. The van der Waals surface area contributed by atoms with Gasteiger partial charge in [0.2, 0.25) is 0 Å². The summed E-state index contributed by atoms with van der Waals surface area (Å²) in [5.41, 5.74) is 0.751.